The monoisotopic (exact) mass is 286 g/mol. The molecule has 1 aromatic rings. The van der Waals surface area contributed by atoms with Crippen molar-refractivity contribution in [2.75, 3.05) is 20.3 Å². The predicted molar refractivity (Wildman–Crippen MR) is 69.7 cm³/mol. The van der Waals surface area contributed by atoms with Crippen molar-refractivity contribution in [2.45, 2.75) is 19.3 Å². The van der Waals surface area contributed by atoms with Crippen LogP contribution in [0.3, 0.4) is 0 Å². The zero-order valence-electron chi connectivity index (χ0n) is 10.7. The molecule has 1 heterocycles. The van der Waals surface area contributed by atoms with E-state index < -0.39 is 5.82 Å². The molecule has 104 valence electrons. The molecule has 0 radical (unpaired) electrons. The van der Waals surface area contributed by atoms with Gasteiger partial charge in [0, 0.05) is 20.3 Å². The number of pyridine rings is 1. The summed E-state index contributed by atoms with van der Waals surface area (Å²) in [5, 5.41) is 2.81. The summed E-state index contributed by atoms with van der Waals surface area (Å²) in [7, 11) is 1.66. The van der Waals surface area contributed by atoms with Crippen molar-refractivity contribution in [3.05, 3.63) is 28.8 Å². The maximum Gasteiger partial charge on any atom is 0.254 e. The van der Waals surface area contributed by atoms with Crippen LogP contribution in [-0.2, 0) is 4.74 Å². The number of amides is 1. The molecule has 19 heavy (non-hydrogen) atoms. The van der Waals surface area contributed by atoms with Crippen molar-refractivity contribution in [1.82, 2.24) is 10.3 Å². The van der Waals surface area contributed by atoms with Crippen LogP contribution >= 0.6 is 11.6 Å². The Kier molecular flexibility index (Phi) is 4.37. The first-order valence-corrected chi connectivity index (χ1v) is 6.52. The van der Waals surface area contributed by atoms with Crippen molar-refractivity contribution in [3.63, 3.8) is 0 Å². The summed E-state index contributed by atoms with van der Waals surface area (Å²) in [6.07, 6.45) is 4.05. The molecule has 0 aliphatic heterocycles. The molecule has 1 amide bonds. The van der Waals surface area contributed by atoms with Crippen LogP contribution in [0.15, 0.2) is 12.3 Å². The third kappa shape index (κ3) is 3.64. The molecule has 1 saturated carbocycles. The third-order valence-electron chi connectivity index (χ3n) is 3.47. The molecule has 1 aliphatic rings. The van der Waals surface area contributed by atoms with E-state index in [0.717, 1.165) is 31.5 Å². The van der Waals surface area contributed by atoms with Crippen LogP contribution in [0.5, 0.6) is 0 Å². The molecule has 1 fully saturated rings. The van der Waals surface area contributed by atoms with Gasteiger partial charge in [-0.3, -0.25) is 4.79 Å². The molecular formula is C13H16ClFN2O2. The zero-order chi connectivity index (χ0) is 13.9. The fraction of sp³-hybridized carbons (Fsp3) is 0.538. The van der Waals surface area contributed by atoms with Crippen LogP contribution in [-0.4, -0.2) is 31.2 Å². The fourth-order valence-corrected chi connectivity index (χ4v) is 2.14. The number of ether oxygens (including phenoxy) is 1. The smallest absolute Gasteiger partial charge is 0.254 e. The highest BCUT2D eigenvalue weighted by Crippen LogP contribution is 2.48. The second-order valence-electron chi connectivity index (χ2n) is 4.92. The number of hydrogen-bond acceptors (Lipinski definition) is 3. The fourth-order valence-electron chi connectivity index (χ4n) is 1.96. The Morgan fingerprint density at radius 3 is 3.00 bits per heavy atom. The molecule has 1 N–H and O–H groups in total. The lowest BCUT2D eigenvalue weighted by Crippen LogP contribution is -2.31. The molecule has 0 atom stereocenters. The van der Waals surface area contributed by atoms with Crippen LogP contribution in [0.25, 0.3) is 0 Å². The summed E-state index contributed by atoms with van der Waals surface area (Å²) in [5.74, 6) is -0.962. The number of carbonyl (C=O) groups is 1. The summed E-state index contributed by atoms with van der Waals surface area (Å²) >= 11 is 5.78. The van der Waals surface area contributed by atoms with E-state index in [4.69, 9.17) is 16.3 Å². The standard InChI is InChI=1S/C13H16ClFN2O2/c1-19-5-4-13(2-3-13)8-17-12(18)10-6-9(15)7-16-11(10)14/h6-7H,2-5,8H2,1H3,(H,17,18). The van der Waals surface area contributed by atoms with E-state index >= 15 is 0 Å². The first-order valence-electron chi connectivity index (χ1n) is 6.14. The highest BCUT2D eigenvalue weighted by Gasteiger charge is 2.42. The largest absolute Gasteiger partial charge is 0.385 e. The van der Waals surface area contributed by atoms with Gasteiger partial charge in [-0.25, -0.2) is 9.37 Å². The van der Waals surface area contributed by atoms with E-state index in [1.807, 2.05) is 0 Å². The Balaban J connectivity index is 1.93. The van der Waals surface area contributed by atoms with Crippen LogP contribution < -0.4 is 5.32 Å². The Labute approximate surface area is 116 Å². The topological polar surface area (TPSA) is 51.2 Å². The van der Waals surface area contributed by atoms with Gasteiger partial charge in [0.05, 0.1) is 11.8 Å². The molecule has 6 heteroatoms. The van der Waals surface area contributed by atoms with Crippen LogP contribution in [0.1, 0.15) is 29.6 Å². The number of carbonyl (C=O) groups excluding carboxylic acids is 1. The van der Waals surface area contributed by atoms with E-state index in [2.05, 4.69) is 10.3 Å². The Morgan fingerprint density at radius 2 is 2.37 bits per heavy atom. The van der Waals surface area contributed by atoms with Gasteiger partial charge in [0.2, 0.25) is 0 Å². The molecule has 0 unspecified atom stereocenters. The number of nitrogens with one attached hydrogen (secondary N) is 1. The number of hydrogen-bond donors (Lipinski definition) is 1. The number of aromatic nitrogens is 1. The van der Waals surface area contributed by atoms with Gasteiger partial charge >= 0.3 is 0 Å². The minimum Gasteiger partial charge on any atom is -0.385 e. The lowest BCUT2D eigenvalue weighted by Gasteiger charge is -2.15. The highest BCUT2D eigenvalue weighted by molar-refractivity contribution is 6.32. The summed E-state index contributed by atoms with van der Waals surface area (Å²) in [6.45, 7) is 1.24. The van der Waals surface area contributed by atoms with Gasteiger partial charge < -0.3 is 10.1 Å². The van der Waals surface area contributed by atoms with Crippen molar-refractivity contribution in [3.8, 4) is 0 Å². The Hall–Kier alpha value is -1.20. The molecule has 0 bridgehead atoms. The van der Waals surface area contributed by atoms with Crippen molar-refractivity contribution >= 4 is 17.5 Å². The van der Waals surface area contributed by atoms with Gasteiger partial charge in [-0.05, 0) is 30.7 Å². The number of methoxy groups -OCH3 is 1. The first kappa shape index (κ1) is 14.2. The summed E-state index contributed by atoms with van der Waals surface area (Å²) in [4.78, 5) is 15.6. The van der Waals surface area contributed by atoms with Gasteiger partial charge in [-0.15, -0.1) is 0 Å². The van der Waals surface area contributed by atoms with Gasteiger partial charge in [0.1, 0.15) is 11.0 Å². The Morgan fingerprint density at radius 1 is 1.63 bits per heavy atom. The molecule has 0 saturated heterocycles. The van der Waals surface area contributed by atoms with Crippen LogP contribution in [0, 0.1) is 11.2 Å². The summed E-state index contributed by atoms with van der Waals surface area (Å²) in [5.41, 5.74) is 0.211. The minimum atomic E-state index is -0.574. The van der Waals surface area contributed by atoms with Crippen molar-refractivity contribution in [1.29, 1.82) is 0 Å². The SMILES string of the molecule is COCCC1(CNC(=O)c2cc(F)cnc2Cl)CC1. The number of rotatable bonds is 6. The summed E-state index contributed by atoms with van der Waals surface area (Å²) in [6, 6.07) is 1.10. The Bertz CT molecular complexity index is 478. The molecule has 2 rings (SSSR count). The normalized spacial score (nSPS) is 16.2. The van der Waals surface area contributed by atoms with E-state index in [1.165, 1.54) is 0 Å². The highest BCUT2D eigenvalue weighted by atomic mass is 35.5. The van der Waals surface area contributed by atoms with Gasteiger partial charge in [-0.2, -0.15) is 0 Å². The van der Waals surface area contributed by atoms with Crippen molar-refractivity contribution < 1.29 is 13.9 Å². The molecular weight excluding hydrogens is 271 g/mol. The maximum absolute atomic E-state index is 13.0. The molecule has 1 aliphatic carbocycles. The average molecular weight is 287 g/mol. The minimum absolute atomic E-state index is 0.0145. The van der Waals surface area contributed by atoms with E-state index in [-0.39, 0.29) is 22.0 Å². The molecule has 0 spiro atoms. The second kappa shape index (κ2) is 5.84. The van der Waals surface area contributed by atoms with E-state index in [0.29, 0.717) is 13.2 Å². The van der Waals surface area contributed by atoms with E-state index in [9.17, 15) is 9.18 Å². The van der Waals surface area contributed by atoms with Crippen LogP contribution in [0.2, 0.25) is 5.15 Å². The van der Waals surface area contributed by atoms with Gasteiger partial charge in [0.25, 0.3) is 5.91 Å². The average Bonchev–Trinajstić information content (AvgIpc) is 3.17. The van der Waals surface area contributed by atoms with Gasteiger partial charge in [-0.1, -0.05) is 11.6 Å². The zero-order valence-corrected chi connectivity index (χ0v) is 11.5. The maximum atomic E-state index is 13.0. The molecule has 1 aromatic heterocycles. The van der Waals surface area contributed by atoms with Gasteiger partial charge in [0.15, 0.2) is 0 Å². The van der Waals surface area contributed by atoms with E-state index in [1.54, 1.807) is 7.11 Å². The van der Waals surface area contributed by atoms with Crippen molar-refractivity contribution in [2.24, 2.45) is 5.41 Å². The first-order chi connectivity index (χ1) is 9.06. The third-order valence-corrected chi connectivity index (χ3v) is 3.77. The number of halogens is 2. The molecule has 4 nitrogen and oxygen atoms in total. The lowest BCUT2D eigenvalue weighted by atomic mass is 10.0. The second-order valence-corrected chi connectivity index (χ2v) is 5.28. The lowest BCUT2D eigenvalue weighted by molar-refractivity contribution is 0.0937. The van der Waals surface area contributed by atoms with Crippen LogP contribution in [0.4, 0.5) is 4.39 Å². The summed E-state index contributed by atoms with van der Waals surface area (Å²) < 4.78 is 18.1. The number of nitrogens with zero attached hydrogens (tertiary/aromatic N) is 1. The predicted octanol–water partition coefficient (Wildman–Crippen LogP) is 2.42. The molecule has 0 aromatic carbocycles. The quantitative estimate of drug-likeness (QED) is 0.817.